The molecule has 0 aromatic carbocycles. The van der Waals surface area contributed by atoms with E-state index in [0.29, 0.717) is 19.8 Å². The molecule has 1 fully saturated rings. The average Bonchev–Trinajstić information content (AvgIpc) is 2.05. The lowest BCUT2D eigenvalue weighted by atomic mass is 10.2. The van der Waals surface area contributed by atoms with Gasteiger partial charge in [-0.15, -0.1) is 0 Å². The highest BCUT2D eigenvalue weighted by atomic mass is 16.5. The zero-order valence-corrected chi connectivity index (χ0v) is 7.12. The van der Waals surface area contributed by atoms with Crippen LogP contribution >= 0.6 is 0 Å². The number of amides is 1. The lowest BCUT2D eigenvalue weighted by Crippen LogP contribution is -2.46. The van der Waals surface area contributed by atoms with Crippen molar-refractivity contribution < 1.29 is 9.53 Å². The van der Waals surface area contributed by atoms with Gasteiger partial charge in [-0.2, -0.15) is 5.26 Å². The number of hydrogen-bond acceptors (Lipinski definition) is 3. The summed E-state index contributed by atoms with van der Waals surface area (Å²) < 4.78 is 5.16. The second kappa shape index (κ2) is 4.07. The third kappa shape index (κ3) is 1.95. The van der Waals surface area contributed by atoms with Crippen molar-refractivity contribution in [3.05, 3.63) is 0 Å². The van der Waals surface area contributed by atoms with Gasteiger partial charge in [-0.3, -0.25) is 4.79 Å². The molecule has 4 heteroatoms. The van der Waals surface area contributed by atoms with Crippen LogP contribution in [0.4, 0.5) is 0 Å². The molecule has 0 unspecified atom stereocenters. The molecule has 1 aliphatic rings. The van der Waals surface area contributed by atoms with Gasteiger partial charge in [0.05, 0.1) is 25.3 Å². The highest BCUT2D eigenvalue weighted by Crippen LogP contribution is 2.07. The summed E-state index contributed by atoms with van der Waals surface area (Å²) in [6.45, 7) is 3.70. The van der Waals surface area contributed by atoms with Crippen LogP contribution in [0.3, 0.4) is 0 Å². The predicted molar refractivity (Wildman–Crippen MR) is 42.2 cm³/mol. The molecule has 66 valence electrons. The molecule has 0 N–H and O–H groups in total. The smallest absolute Gasteiger partial charge is 0.237 e. The van der Waals surface area contributed by atoms with Crippen molar-refractivity contribution in [1.82, 2.24) is 4.90 Å². The molecule has 1 atom stereocenters. The van der Waals surface area contributed by atoms with Crippen molar-refractivity contribution in [3.63, 3.8) is 0 Å². The fourth-order valence-electron chi connectivity index (χ4n) is 1.27. The van der Waals surface area contributed by atoms with Crippen molar-refractivity contribution >= 4 is 5.91 Å². The summed E-state index contributed by atoms with van der Waals surface area (Å²) in [4.78, 5) is 13.0. The topological polar surface area (TPSA) is 53.3 Å². The van der Waals surface area contributed by atoms with Gasteiger partial charge in [0.15, 0.2) is 0 Å². The van der Waals surface area contributed by atoms with Gasteiger partial charge >= 0.3 is 0 Å². The molecular weight excluding hydrogens is 156 g/mol. The van der Waals surface area contributed by atoms with Crippen LogP contribution in [0.25, 0.3) is 0 Å². The summed E-state index contributed by atoms with van der Waals surface area (Å²) in [5.41, 5.74) is 0. The largest absolute Gasteiger partial charge is 0.377 e. The Labute approximate surface area is 71.7 Å². The van der Waals surface area contributed by atoms with Crippen molar-refractivity contribution in [3.8, 4) is 6.07 Å². The molecule has 0 aromatic rings. The van der Waals surface area contributed by atoms with Gasteiger partial charge < -0.3 is 9.64 Å². The quantitative estimate of drug-likeness (QED) is 0.560. The molecule has 4 nitrogen and oxygen atoms in total. The van der Waals surface area contributed by atoms with Gasteiger partial charge in [-0.05, 0) is 6.92 Å². The fraction of sp³-hybridized carbons (Fsp3) is 0.750. The van der Waals surface area contributed by atoms with E-state index in [-0.39, 0.29) is 18.4 Å². The first-order valence-electron chi connectivity index (χ1n) is 4.00. The predicted octanol–water partition coefficient (Wildman–Crippen LogP) is 0.147. The molecule has 1 saturated heterocycles. The van der Waals surface area contributed by atoms with E-state index in [1.807, 2.05) is 13.0 Å². The first-order chi connectivity index (χ1) is 5.75. The molecule has 0 radical (unpaired) electrons. The first kappa shape index (κ1) is 9.01. The van der Waals surface area contributed by atoms with Crippen LogP contribution in [0.5, 0.6) is 0 Å². The number of nitriles is 1. The average molecular weight is 168 g/mol. The molecule has 0 aromatic heterocycles. The zero-order valence-electron chi connectivity index (χ0n) is 7.12. The molecule has 0 spiro atoms. The van der Waals surface area contributed by atoms with Gasteiger partial charge in [0.2, 0.25) is 5.91 Å². The number of hydrogen-bond donors (Lipinski definition) is 0. The Bertz CT molecular complexity index is 210. The zero-order chi connectivity index (χ0) is 8.97. The third-order valence-electron chi connectivity index (χ3n) is 1.92. The van der Waals surface area contributed by atoms with Crippen molar-refractivity contribution in [2.45, 2.75) is 19.4 Å². The standard InChI is InChI=1S/C8H12N2O2/c1-7-6-12-5-4-10(7)8(11)2-3-9/h7H,2,4-6H2,1H3/t7-/m1/s1. The number of rotatable bonds is 1. The monoisotopic (exact) mass is 168 g/mol. The third-order valence-corrected chi connectivity index (χ3v) is 1.92. The molecule has 12 heavy (non-hydrogen) atoms. The van der Waals surface area contributed by atoms with Crippen molar-refractivity contribution in [2.75, 3.05) is 19.8 Å². The minimum Gasteiger partial charge on any atom is -0.377 e. The minimum atomic E-state index is -0.0895. The molecule has 1 amide bonds. The Balaban J connectivity index is 2.49. The van der Waals surface area contributed by atoms with Crippen LogP contribution in [-0.2, 0) is 9.53 Å². The van der Waals surface area contributed by atoms with E-state index in [1.54, 1.807) is 4.90 Å². The number of carbonyl (C=O) groups excluding carboxylic acids is 1. The van der Waals surface area contributed by atoms with Gasteiger partial charge in [0.1, 0.15) is 6.42 Å². The summed E-state index contributed by atoms with van der Waals surface area (Å²) in [6, 6.07) is 1.96. The second-order valence-electron chi connectivity index (χ2n) is 2.85. The highest BCUT2D eigenvalue weighted by molar-refractivity contribution is 5.78. The number of morpholine rings is 1. The van der Waals surface area contributed by atoms with Crippen LogP contribution in [0, 0.1) is 11.3 Å². The van der Waals surface area contributed by atoms with E-state index in [1.165, 1.54) is 0 Å². The summed E-state index contributed by atoms with van der Waals surface area (Å²) >= 11 is 0. The Morgan fingerprint density at radius 3 is 3.17 bits per heavy atom. The van der Waals surface area contributed by atoms with E-state index < -0.39 is 0 Å². The van der Waals surface area contributed by atoms with Gasteiger partial charge in [-0.1, -0.05) is 0 Å². The maximum atomic E-state index is 11.3. The van der Waals surface area contributed by atoms with Crippen molar-refractivity contribution in [2.24, 2.45) is 0 Å². The van der Waals surface area contributed by atoms with E-state index in [9.17, 15) is 4.79 Å². The first-order valence-corrected chi connectivity index (χ1v) is 4.00. The van der Waals surface area contributed by atoms with Gasteiger partial charge in [-0.25, -0.2) is 0 Å². The SMILES string of the molecule is C[C@@H]1COCCN1C(=O)CC#N. The van der Waals surface area contributed by atoms with E-state index >= 15 is 0 Å². The molecule has 0 aliphatic carbocycles. The lowest BCUT2D eigenvalue weighted by molar-refractivity contribution is -0.137. The van der Waals surface area contributed by atoms with Crippen LogP contribution in [0.2, 0.25) is 0 Å². The maximum Gasteiger partial charge on any atom is 0.237 e. The Morgan fingerprint density at radius 2 is 2.58 bits per heavy atom. The molecule has 0 saturated carbocycles. The van der Waals surface area contributed by atoms with Crippen molar-refractivity contribution in [1.29, 1.82) is 5.26 Å². The second-order valence-corrected chi connectivity index (χ2v) is 2.85. The minimum absolute atomic E-state index is 0.0235. The van der Waals surface area contributed by atoms with E-state index in [0.717, 1.165) is 0 Å². The highest BCUT2D eigenvalue weighted by Gasteiger charge is 2.22. The normalized spacial score (nSPS) is 23.3. The Morgan fingerprint density at radius 1 is 1.83 bits per heavy atom. The summed E-state index contributed by atoms with van der Waals surface area (Å²) in [6.07, 6.45) is -0.0235. The summed E-state index contributed by atoms with van der Waals surface area (Å²) in [5.74, 6) is -0.0895. The number of ether oxygens (including phenoxy) is 1. The van der Waals surface area contributed by atoms with Crippen LogP contribution in [0.1, 0.15) is 13.3 Å². The van der Waals surface area contributed by atoms with Crippen LogP contribution in [0.15, 0.2) is 0 Å². The molecule has 0 bridgehead atoms. The van der Waals surface area contributed by atoms with Gasteiger partial charge in [0.25, 0.3) is 0 Å². The molecule has 1 aliphatic heterocycles. The van der Waals surface area contributed by atoms with E-state index in [2.05, 4.69) is 0 Å². The van der Waals surface area contributed by atoms with E-state index in [4.69, 9.17) is 10.00 Å². The fourth-order valence-corrected chi connectivity index (χ4v) is 1.27. The molecular formula is C8H12N2O2. The summed E-state index contributed by atoms with van der Waals surface area (Å²) in [5, 5.41) is 8.32. The summed E-state index contributed by atoms with van der Waals surface area (Å²) in [7, 11) is 0. The molecule has 1 heterocycles. The lowest BCUT2D eigenvalue weighted by Gasteiger charge is -2.32. The Hall–Kier alpha value is -1.08. The molecule has 1 rings (SSSR count). The number of carbonyl (C=O) groups is 1. The Kier molecular flexibility index (Phi) is 3.06. The number of nitrogens with zero attached hydrogens (tertiary/aromatic N) is 2. The van der Waals surface area contributed by atoms with Crippen LogP contribution in [-0.4, -0.2) is 36.6 Å². The van der Waals surface area contributed by atoms with Gasteiger partial charge in [0, 0.05) is 6.54 Å². The maximum absolute atomic E-state index is 11.3. The van der Waals surface area contributed by atoms with Crippen LogP contribution < -0.4 is 0 Å².